The van der Waals surface area contributed by atoms with Gasteiger partial charge in [0.05, 0.1) is 4.92 Å². The van der Waals surface area contributed by atoms with Crippen LogP contribution in [-0.4, -0.2) is 16.4 Å². The van der Waals surface area contributed by atoms with Crippen LogP contribution in [0.25, 0.3) is 0 Å². The Kier molecular flexibility index (Phi) is 4.38. The number of para-hydroxylation sites is 2. The van der Waals surface area contributed by atoms with Gasteiger partial charge in [-0.15, -0.1) is 0 Å². The molecule has 6 nitrogen and oxygen atoms in total. The fourth-order valence-corrected chi connectivity index (χ4v) is 1.39. The summed E-state index contributed by atoms with van der Waals surface area (Å²) in [6.45, 7) is 3.65. The minimum Gasteiger partial charge on any atom is -0.326 e. The van der Waals surface area contributed by atoms with Gasteiger partial charge in [0.15, 0.2) is 0 Å². The van der Waals surface area contributed by atoms with Crippen molar-refractivity contribution in [3.05, 3.63) is 34.4 Å². The molecule has 1 rings (SSSR count). The van der Waals surface area contributed by atoms with Crippen molar-refractivity contribution in [2.45, 2.75) is 32.2 Å². The summed E-state index contributed by atoms with van der Waals surface area (Å²) in [6.07, 6.45) is 0.745. The van der Waals surface area contributed by atoms with Crippen LogP contribution in [0.4, 0.5) is 11.4 Å². The lowest BCUT2D eigenvalue weighted by Gasteiger charge is -2.17. The second-order valence-corrected chi connectivity index (χ2v) is 4.81. The Morgan fingerprint density at radius 2 is 2.06 bits per heavy atom. The van der Waals surface area contributed by atoms with Crippen LogP contribution < -0.4 is 11.1 Å². The van der Waals surface area contributed by atoms with Crippen molar-refractivity contribution < 1.29 is 9.72 Å². The third-order valence-corrected chi connectivity index (χ3v) is 2.37. The largest absolute Gasteiger partial charge is 0.326 e. The number of hydrogen-bond donors (Lipinski definition) is 2. The van der Waals surface area contributed by atoms with Crippen molar-refractivity contribution in [1.82, 2.24) is 0 Å². The van der Waals surface area contributed by atoms with Gasteiger partial charge in [-0.1, -0.05) is 12.1 Å². The average Bonchev–Trinajstić information content (AvgIpc) is 2.26. The predicted octanol–water partition coefficient (Wildman–Crippen LogP) is 2.05. The van der Waals surface area contributed by atoms with Crippen LogP contribution in [-0.2, 0) is 4.79 Å². The van der Waals surface area contributed by atoms with Gasteiger partial charge in [-0.05, 0) is 26.3 Å². The lowest BCUT2D eigenvalue weighted by Crippen LogP contribution is -2.33. The lowest BCUT2D eigenvalue weighted by molar-refractivity contribution is -0.383. The number of nitro benzene ring substituents is 1. The topological polar surface area (TPSA) is 98.3 Å². The molecule has 0 heterocycles. The minimum absolute atomic E-state index is 0.113. The molecule has 1 amide bonds. The monoisotopic (exact) mass is 251 g/mol. The molecule has 1 aromatic carbocycles. The molecule has 0 atom stereocenters. The standard InChI is InChI=1S/C12H17N3O3/c1-12(2,13)8-7-11(16)14-9-5-3-4-6-10(9)15(17)18/h3-6H,7-8,13H2,1-2H3,(H,14,16). The number of hydrogen-bond acceptors (Lipinski definition) is 4. The maximum atomic E-state index is 11.6. The van der Waals surface area contributed by atoms with Crippen molar-refractivity contribution >= 4 is 17.3 Å². The van der Waals surface area contributed by atoms with Crippen LogP contribution in [0.3, 0.4) is 0 Å². The summed E-state index contributed by atoms with van der Waals surface area (Å²) in [4.78, 5) is 21.9. The molecule has 0 spiro atoms. The van der Waals surface area contributed by atoms with E-state index in [0.717, 1.165) is 0 Å². The first-order valence-electron chi connectivity index (χ1n) is 5.62. The molecule has 0 aromatic heterocycles. The Hall–Kier alpha value is -1.95. The first-order chi connectivity index (χ1) is 8.29. The van der Waals surface area contributed by atoms with Crippen LogP contribution in [0.5, 0.6) is 0 Å². The molecule has 3 N–H and O–H groups in total. The Bertz CT molecular complexity index is 452. The fourth-order valence-electron chi connectivity index (χ4n) is 1.39. The number of nitrogens with one attached hydrogen (secondary N) is 1. The van der Waals surface area contributed by atoms with E-state index in [1.807, 2.05) is 13.8 Å². The van der Waals surface area contributed by atoms with Crippen molar-refractivity contribution in [3.8, 4) is 0 Å². The quantitative estimate of drug-likeness (QED) is 0.618. The molecular formula is C12H17N3O3. The predicted molar refractivity (Wildman–Crippen MR) is 69.2 cm³/mol. The highest BCUT2D eigenvalue weighted by atomic mass is 16.6. The first kappa shape index (κ1) is 14.1. The molecule has 0 bridgehead atoms. The van der Waals surface area contributed by atoms with E-state index in [0.29, 0.717) is 6.42 Å². The van der Waals surface area contributed by atoms with Crippen LogP contribution >= 0.6 is 0 Å². The highest BCUT2D eigenvalue weighted by Crippen LogP contribution is 2.23. The highest BCUT2D eigenvalue weighted by molar-refractivity contribution is 5.93. The number of benzene rings is 1. The van der Waals surface area contributed by atoms with E-state index in [4.69, 9.17) is 5.73 Å². The van der Waals surface area contributed by atoms with Crippen molar-refractivity contribution in [3.63, 3.8) is 0 Å². The maximum absolute atomic E-state index is 11.6. The van der Waals surface area contributed by atoms with Gasteiger partial charge in [0.25, 0.3) is 5.69 Å². The third-order valence-electron chi connectivity index (χ3n) is 2.37. The summed E-state index contributed by atoms with van der Waals surface area (Å²) < 4.78 is 0. The SMILES string of the molecule is CC(C)(N)CCC(=O)Nc1ccccc1[N+](=O)[O-]. The summed E-state index contributed by atoms with van der Waals surface area (Å²) >= 11 is 0. The molecule has 0 fully saturated rings. The number of nitro groups is 1. The van der Waals surface area contributed by atoms with E-state index < -0.39 is 10.5 Å². The lowest BCUT2D eigenvalue weighted by atomic mass is 10.00. The van der Waals surface area contributed by atoms with Gasteiger partial charge < -0.3 is 11.1 Å². The normalized spacial score (nSPS) is 11.1. The van der Waals surface area contributed by atoms with Crippen LogP contribution in [0.1, 0.15) is 26.7 Å². The minimum atomic E-state index is -0.525. The molecule has 6 heteroatoms. The van der Waals surface area contributed by atoms with E-state index in [-0.39, 0.29) is 23.7 Å². The maximum Gasteiger partial charge on any atom is 0.292 e. The zero-order valence-electron chi connectivity index (χ0n) is 10.5. The van der Waals surface area contributed by atoms with Gasteiger partial charge in [-0.3, -0.25) is 14.9 Å². The van der Waals surface area contributed by atoms with Crippen molar-refractivity contribution in [2.24, 2.45) is 5.73 Å². The Balaban J connectivity index is 2.68. The van der Waals surface area contributed by atoms with Gasteiger partial charge in [0, 0.05) is 18.0 Å². The number of amides is 1. The van der Waals surface area contributed by atoms with Gasteiger partial charge in [0.1, 0.15) is 5.69 Å². The number of carbonyl (C=O) groups is 1. The van der Waals surface area contributed by atoms with Crippen molar-refractivity contribution in [2.75, 3.05) is 5.32 Å². The number of nitrogens with two attached hydrogens (primary N) is 1. The smallest absolute Gasteiger partial charge is 0.292 e. The van der Waals surface area contributed by atoms with E-state index in [9.17, 15) is 14.9 Å². The summed E-state index contributed by atoms with van der Waals surface area (Å²) in [5.74, 6) is -0.275. The van der Waals surface area contributed by atoms with E-state index >= 15 is 0 Å². The highest BCUT2D eigenvalue weighted by Gasteiger charge is 2.17. The number of carbonyl (C=O) groups excluding carboxylic acids is 1. The van der Waals surface area contributed by atoms with Gasteiger partial charge in [-0.25, -0.2) is 0 Å². The zero-order valence-corrected chi connectivity index (χ0v) is 10.5. The molecule has 18 heavy (non-hydrogen) atoms. The van der Waals surface area contributed by atoms with E-state index in [2.05, 4.69) is 5.32 Å². The Morgan fingerprint density at radius 1 is 1.44 bits per heavy atom. The fraction of sp³-hybridized carbons (Fsp3) is 0.417. The summed E-state index contributed by atoms with van der Waals surface area (Å²) in [7, 11) is 0. The Labute approximate surface area is 105 Å². The second-order valence-electron chi connectivity index (χ2n) is 4.81. The molecular weight excluding hydrogens is 234 g/mol. The molecule has 0 saturated carbocycles. The third kappa shape index (κ3) is 4.50. The molecule has 0 aliphatic heterocycles. The molecule has 0 aliphatic rings. The number of rotatable bonds is 5. The molecule has 0 saturated heterocycles. The number of nitrogens with zero attached hydrogens (tertiary/aromatic N) is 1. The first-order valence-corrected chi connectivity index (χ1v) is 5.62. The molecule has 1 aromatic rings. The van der Waals surface area contributed by atoms with Crippen LogP contribution in [0, 0.1) is 10.1 Å². The van der Waals surface area contributed by atoms with E-state index in [1.165, 1.54) is 12.1 Å². The van der Waals surface area contributed by atoms with E-state index in [1.54, 1.807) is 12.1 Å². The molecule has 0 aliphatic carbocycles. The summed E-state index contributed by atoms with van der Waals surface area (Å²) in [5.41, 5.74) is 5.43. The average molecular weight is 251 g/mol. The zero-order chi connectivity index (χ0) is 13.8. The molecule has 0 radical (unpaired) electrons. The number of anilines is 1. The van der Waals surface area contributed by atoms with Gasteiger partial charge in [-0.2, -0.15) is 0 Å². The van der Waals surface area contributed by atoms with Gasteiger partial charge >= 0.3 is 0 Å². The summed E-state index contributed by atoms with van der Waals surface area (Å²) in [5, 5.41) is 13.3. The molecule has 0 unspecified atom stereocenters. The van der Waals surface area contributed by atoms with Crippen LogP contribution in [0.15, 0.2) is 24.3 Å². The van der Waals surface area contributed by atoms with Crippen LogP contribution in [0.2, 0.25) is 0 Å². The van der Waals surface area contributed by atoms with Crippen molar-refractivity contribution in [1.29, 1.82) is 0 Å². The Morgan fingerprint density at radius 3 is 2.61 bits per heavy atom. The molecule has 98 valence electrons. The summed E-state index contributed by atoms with van der Waals surface area (Å²) in [6, 6.07) is 6.04. The van der Waals surface area contributed by atoms with Gasteiger partial charge in [0.2, 0.25) is 5.91 Å². The second kappa shape index (κ2) is 5.59.